The third kappa shape index (κ3) is 4.56. The van der Waals surface area contributed by atoms with Crippen molar-refractivity contribution in [2.45, 2.75) is 31.4 Å². The Balaban J connectivity index is 1.80. The van der Waals surface area contributed by atoms with Crippen LogP contribution in [-0.2, 0) is 21.2 Å². The highest BCUT2D eigenvalue weighted by molar-refractivity contribution is 7.90. The Labute approximate surface area is 119 Å². The zero-order valence-electron chi connectivity index (χ0n) is 11.2. The smallest absolute Gasteiger partial charge is 0.214 e. The van der Waals surface area contributed by atoms with Crippen LogP contribution in [0.5, 0.6) is 0 Å². The van der Waals surface area contributed by atoms with Crippen LogP contribution in [-0.4, -0.2) is 33.4 Å². The average molecular weight is 303 g/mol. The Kier molecular flexibility index (Phi) is 5.38. The lowest BCUT2D eigenvalue weighted by Crippen LogP contribution is -2.39. The van der Waals surface area contributed by atoms with Crippen LogP contribution >= 0.6 is 11.3 Å². The monoisotopic (exact) mass is 303 g/mol. The number of hydrogen-bond acceptors (Lipinski definition) is 4. The highest BCUT2D eigenvalue weighted by atomic mass is 32.2. The summed E-state index contributed by atoms with van der Waals surface area (Å²) in [6.07, 6.45) is 2.14. The lowest BCUT2D eigenvalue weighted by Gasteiger charge is -2.23. The van der Waals surface area contributed by atoms with Crippen molar-refractivity contribution in [3.8, 4) is 0 Å². The van der Waals surface area contributed by atoms with Gasteiger partial charge in [0.2, 0.25) is 10.0 Å². The van der Waals surface area contributed by atoms with Crippen molar-refractivity contribution in [2.75, 3.05) is 19.8 Å². The van der Waals surface area contributed by atoms with Crippen LogP contribution in [0.25, 0.3) is 0 Å². The van der Waals surface area contributed by atoms with Gasteiger partial charge in [0.15, 0.2) is 0 Å². The summed E-state index contributed by atoms with van der Waals surface area (Å²) in [4.78, 5) is 1.30. The third-order valence-electron chi connectivity index (χ3n) is 3.37. The number of thiophene rings is 1. The van der Waals surface area contributed by atoms with E-state index in [0.717, 1.165) is 6.42 Å². The molecule has 1 fully saturated rings. The zero-order chi connectivity index (χ0) is 13.7. The first-order valence-corrected chi connectivity index (χ1v) is 9.09. The molecule has 0 aromatic carbocycles. The molecule has 1 saturated heterocycles. The summed E-state index contributed by atoms with van der Waals surface area (Å²) < 4.78 is 32.2. The Bertz CT molecular complexity index is 464. The van der Waals surface area contributed by atoms with Gasteiger partial charge in [-0.25, -0.2) is 13.1 Å². The first-order valence-electron chi connectivity index (χ1n) is 6.66. The number of rotatable bonds is 6. The molecule has 0 bridgehead atoms. The summed E-state index contributed by atoms with van der Waals surface area (Å²) in [7, 11) is -3.18. The largest absolute Gasteiger partial charge is 0.381 e. The molecule has 1 N–H and O–H groups in total. The van der Waals surface area contributed by atoms with Gasteiger partial charge >= 0.3 is 0 Å². The molecule has 2 rings (SSSR count). The third-order valence-corrected chi connectivity index (χ3v) is 6.19. The van der Waals surface area contributed by atoms with E-state index in [-0.39, 0.29) is 5.25 Å². The van der Waals surface area contributed by atoms with Crippen molar-refractivity contribution < 1.29 is 13.2 Å². The quantitative estimate of drug-likeness (QED) is 0.875. The fourth-order valence-corrected chi connectivity index (χ4v) is 4.64. The van der Waals surface area contributed by atoms with Crippen LogP contribution < -0.4 is 4.72 Å². The Morgan fingerprint density at radius 2 is 2.21 bits per heavy atom. The molecular formula is C13H21NO3S2. The van der Waals surface area contributed by atoms with Crippen LogP contribution in [0, 0.1) is 5.92 Å². The maximum absolute atomic E-state index is 12.1. The molecule has 0 aliphatic carbocycles. The predicted octanol–water partition coefficient (Wildman–Crippen LogP) is 2.03. The first-order chi connectivity index (χ1) is 9.08. The highest BCUT2D eigenvalue weighted by Gasteiger charge is 2.27. The summed E-state index contributed by atoms with van der Waals surface area (Å²) in [6.45, 7) is 3.69. The maximum Gasteiger partial charge on any atom is 0.214 e. The minimum atomic E-state index is -3.18. The van der Waals surface area contributed by atoms with Crippen LogP contribution in [0.2, 0.25) is 0 Å². The van der Waals surface area contributed by atoms with Crippen molar-refractivity contribution in [1.82, 2.24) is 4.72 Å². The van der Waals surface area contributed by atoms with Crippen molar-refractivity contribution in [3.63, 3.8) is 0 Å². The molecular weight excluding hydrogens is 282 g/mol. The summed E-state index contributed by atoms with van der Waals surface area (Å²) in [5.41, 5.74) is 0. The Morgan fingerprint density at radius 1 is 1.47 bits per heavy atom. The lowest BCUT2D eigenvalue weighted by atomic mass is 10.1. The van der Waals surface area contributed by atoms with E-state index < -0.39 is 10.0 Å². The van der Waals surface area contributed by atoms with E-state index in [2.05, 4.69) is 17.7 Å². The Hall–Kier alpha value is -0.430. The summed E-state index contributed by atoms with van der Waals surface area (Å²) in [6, 6.07) is 4.12. The van der Waals surface area contributed by atoms with Gasteiger partial charge in [-0.05, 0) is 36.6 Å². The maximum atomic E-state index is 12.1. The Morgan fingerprint density at radius 3 is 2.84 bits per heavy atom. The minimum Gasteiger partial charge on any atom is -0.381 e. The molecule has 0 radical (unpaired) electrons. The first kappa shape index (κ1) is 15.0. The molecule has 2 heterocycles. The molecule has 0 saturated carbocycles. The second kappa shape index (κ2) is 6.83. The fraction of sp³-hybridized carbons (Fsp3) is 0.692. The van der Waals surface area contributed by atoms with Gasteiger partial charge in [-0.3, -0.25) is 0 Å². The average Bonchev–Trinajstić information content (AvgIpc) is 2.90. The number of hydrogen-bond donors (Lipinski definition) is 1. The van der Waals surface area contributed by atoms with Crippen molar-refractivity contribution in [3.05, 3.63) is 22.4 Å². The molecule has 6 heteroatoms. The van der Waals surface area contributed by atoms with E-state index in [1.54, 1.807) is 11.3 Å². The second-order valence-corrected chi connectivity index (χ2v) is 8.17. The fourth-order valence-electron chi connectivity index (χ4n) is 2.21. The van der Waals surface area contributed by atoms with Crippen molar-refractivity contribution in [2.24, 2.45) is 5.92 Å². The number of ether oxygens (including phenoxy) is 1. The number of sulfonamides is 1. The molecule has 1 aromatic rings. The topological polar surface area (TPSA) is 55.4 Å². The van der Waals surface area contributed by atoms with Crippen LogP contribution in [0.15, 0.2) is 17.5 Å². The molecule has 0 spiro atoms. The van der Waals surface area contributed by atoms with E-state index in [9.17, 15) is 8.42 Å². The molecule has 1 aliphatic rings. The van der Waals surface area contributed by atoms with E-state index in [0.29, 0.717) is 38.5 Å². The molecule has 108 valence electrons. The van der Waals surface area contributed by atoms with Crippen LogP contribution in [0.1, 0.15) is 24.6 Å². The van der Waals surface area contributed by atoms with E-state index in [4.69, 9.17) is 4.74 Å². The van der Waals surface area contributed by atoms with Gasteiger partial charge in [0, 0.05) is 24.6 Å². The predicted molar refractivity (Wildman–Crippen MR) is 78.0 cm³/mol. The van der Waals surface area contributed by atoms with Crippen molar-refractivity contribution >= 4 is 21.4 Å². The summed E-state index contributed by atoms with van der Waals surface area (Å²) in [5, 5.41) is 1.77. The zero-order valence-corrected chi connectivity index (χ0v) is 12.8. The second-order valence-electron chi connectivity index (χ2n) is 5.09. The minimum absolute atomic E-state index is 0.282. The molecule has 0 amide bonds. The summed E-state index contributed by atoms with van der Waals surface area (Å²) >= 11 is 1.72. The van der Waals surface area contributed by atoms with Crippen molar-refractivity contribution in [1.29, 1.82) is 0 Å². The molecule has 1 atom stereocenters. The van der Waals surface area contributed by atoms with Crippen LogP contribution in [0.3, 0.4) is 0 Å². The van der Waals surface area contributed by atoms with Crippen LogP contribution in [0.4, 0.5) is 0 Å². The van der Waals surface area contributed by atoms with E-state index >= 15 is 0 Å². The normalized spacial score (nSPS) is 19.4. The van der Waals surface area contributed by atoms with Gasteiger partial charge in [0.25, 0.3) is 0 Å². The van der Waals surface area contributed by atoms with E-state index in [1.807, 2.05) is 11.4 Å². The molecule has 1 aromatic heterocycles. The standard InChI is InChI=1S/C13H21NO3S2/c1-11(9-12-3-2-8-18-12)10-14-19(15,16)13-4-6-17-7-5-13/h2-3,8,11,13-14H,4-7,9-10H2,1H3/t11-/m1/s1. The van der Waals surface area contributed by atoms with Gasteiger partial charge in [-0.2, -0.15) is 0 Å². The van der Waals surface area contributed by atoms with E-state index in [1.165, 1.54) is 4.88 Å². The molecule has 19 heavy (non-hydrogen) atoms. The van der Waals surface area contributed by atoms with Gasteiger partial charge in [0.05, 0.1) is 5.25 Å². The number of nitrogens with one attached hydrogen (secondary N) is 1. The highest BCUT2D eigenvalue weighted by Crippen LogP contribution is 2.17. The molecule has 0 unspecified atom stereocenters. The SMILES string of the molecule is C[C@@H](CNS(=O)(=O)C1CCOCC1)Cc1cccs1. The van der Waals surface area contributed by atoms with Gasteiger partial charge < -0.3 is 4.74 Å². The van der Waals surface area contributed by atoms with Gasteiger partial charge in [-0.15, -0.1) is 11.3 Å². The molecule has 4 nitrogen and oxygen atoms in total. The lowest BCUT2D eigenvalue weighted by molar-refractivity contribution is 0.0981. The summed E-state index contributed by atoms with van der Waals surface area (Å²) in [5.74, 6) is 0.313. The van der Waals surface area contributed by atoms with Gasteiger partial charge in [0.1, 0.15) is 0 Å². The van der Waals surface area contributed by atoms with Gasteiger partial charge in [-0.1, -0.05) is 13.0 Å². The molecule has 1 aliphatic heterocycles.